The predicted molar refractivity (Wildman–Crippen MR) is 121 cm³/mol. The van der Waals surface area contributed by atoms with Gasteiger partial charge in [0.15, 0.2) is 0 Å². The maximum atomic E-state index is 14.8. The van der Waals surface area contributed by atoms with Crippen LogP contribution in [0.25, 0.3) is 0 Å². The van der Waals surface area contributed by atoms with Gasteiger partial charge in [-0.15, -0.1) is 0 Å². The van der Waals surface area contributed by atoms with Crippen LogP contribution in [0.5, 0.6) is 0 Å². The van der Waals surface area contributed by atoms with E-state index in [0.717, 1.165) is 15.9 Å². The first-order valence-electron chi connectivity index (χ1n) is 9.26. The van der Waals surface area contributed by atoms with Crippen LogP contribution in [0.2, 0.25) is 0 Å². The average molecular weight is 407 g/mol. The summed E-state index contributed by atoms with van der Waals surface area (Å²) in [5.41, 5.74) is 0.631. The van der Waals surface area contributed by atoms with Crippen molar-refractivity contribution in [3.8, 4) is 0 Å². The van der Waals surface area contributed by atoms with Crippen molar-refractivity contribution in [3.05, 3.63) is 127 Å². The van der Waals surface area contributed by atoms with Crippen LogP contribution in [0.15, 0.2) is 115 Å². The van der Waals surface area contributed by atoms with Crippen LogP contribution in [0, 0.1) is 5.82 Å². The third-order valence-corrected chi connectivity index (χ3v) is 12.5. The Labute approximate surface area is 170 Å². The van der Waals surface area contributed by atoms with E-state index in [9.17, 15) is 4.39 Å². The van der Waals surface area contributed by atoms with Gasteiger partial charge in [0.25, 0.3) is 0 Å². The van der Waals surface area contributed by atoms with Crippen molar-refractivity contribution < 1.29 is 4.39 Å². The van der Waals surface area contributed by atoms with E-state index < -0.39 is 5.96 Å². The molecule has 4 aromatic carbocycles. The van der Waals surface area contributed by atoms with Crippen LogP contribution >= 0.6 is 17.2 Å². The summed E-state index contributed by atoms with van der Waals surface area (Å²) in [5, 5.41) is 3.11. The summed E-state index contributed by atoms with van der Waals surface area (Å²) < 4.78 is 14.8. The van der Waals surface area contributed by atoms with Crippen LogP contribution in [-0.4, -0.2) is 0 Å². The molecule has 28 heavy (non-hydrogen) atoms. The standard InChI is InChI=1S/C25H21ClFP/c26-28(22-13-4-1-5-14-22,23-15-6-2-7-16-23,24-17-8-3-9-18-24)20-21-12-10-11-19-25(21)27/h1-19H,20H2. The molecule has 3 heteroatoms. The van der Waals surface area contributed by atoms with Gasteiger partial charge in [0.05, 0.1) is 0 Å². The monoisotopic (exact) mass is 406 g/mol. The first-order chi connectivity index (χ1) is 13.6. The van der Waals surface area contributed by atoms with E-state index in [0.29, 0.717) is 11.7 Å². The zero-order chi connectivity index (χ0) is 19.5. The van der Waals surface area contributed by atoms with E-state index in [1.54, 1.807) is 6.07 Å². The van der Waals surface area contributed by atoms with E-state index in [2.05, 4.69) is 36.4 Å². The maximum absolute atomic E-state index is 14.8. The molecular formula is C25H21ClFP. The van der Waals surface area contributed by atoms with E-state index in [1.165, 1.54) is 6.07 Å². The summed E-state index contributed by atoms with van der Waals surface area (Å²) in [4.78, 5) is 0. The number of hydrogen-bond donors (Lipinski definition) is 0. The molecule has 0 aliphatic rings. The fraction of sp³-hybridized carbons (Fsp3) is 0.0400. The number of benzene rings is 4. The molecule has 0 aliphatic carbocycles. The van der Waals surface area contributed by atoms with Crippen molar-refractivity contribution in [1.29, 1.82) is 0 Å². The molecule has 0 aromatic heterocycles. The Hall–Kier alpha value is -2.47. The van der Waals surface area contributed by atoms with Gasteiger partial charge < -0.3 is 0 Å². The molecule has 0 atom stereocenters. The SMILES string of the molecule is Fc1ccccc1CP(Cl)(c1ccccc1)(c1ccccc1)c1ccccc1. The molecule has 0 N–H and O–H groups in total. The molecule has 0 bridgehead atoms. The second-order valence-electron chi connectivity index (χ2n) is 6.94. The van der Waals surface area contributed by atoms with Gasteiger partial charge in [-0.1, -0.05) is 0 Å². The van der Waals surface area contributed by atoms with E-state index >= 15 is 0 Å². The normalized spacial score (nSPS) is 12.9. The predicted octanol–water partition coefficient (Wildman–Crippen LogP) is 6.01. The minimum atomic E-state index is -3.48. The molecule has 4 aromatic rings. The molecule has 0 aliphatic heterocycles. The third kappa shape index (κ3) is 3.05. The molecule has 0 unspecified atom stereocenters. The molecule has 0 saturated heterocycles. The average Bonchev–Trinajstić information content (AvgIpc) is 2.77. The molecule has 0 fully saturated rings. The number of rotatable bonds is 5. The summed E-state index contributed by atoms with van der Waals surface area (Å²) in [6.45, 7) is 0. The van der Waals surface area contributed by atoms with Gasteiger partial charge in [-0.2, -0.15) is 0 Å². The van der Waals surface area contributed by atoms with Crippen LogP contribution in [0.1, 0.15) is 5.56 Å². The summed E-state index contributed by atoms with van der Waals surface area (Å²) >= 11 is 7.94. The molecule has 0 spiro atoms. The van der Waals surface area contributed by atoms with Gasteiger partial charge in [-0.3, -0.25) is 0 Å². The first-order valence-corrected chi connectivity index (χ1v) is 12.6. The van der Waals surface area contributed by atoms with Gasteiger partial charge in [-0.05, 0) is 0 Å². The molecular weight excluding hydrogens is 386 g/mol. The van der Waals surface area contributed by atoms with Crippen molar-refractivity contribution in [2.75, 3.05) is 0 Å². The fourth-order valence-corrected chi connectivity index (χ4v) is 10.0. The van der Waals surface area contributed by atoms with Crippen molar-refractivity contribution in [3.63, 3.8) is 0 Å². The zero-order valence-corrected chi connectivity index (χ0v) is 17.0. The molecule has 0 radical (unpaired) electrons. The van der Waals surface area contributed by atoms with E-state index in [-0.39, 0.29) is 5.82 Å². The second-order valence-corrected chi connectivity index (χ2v) is 13.4. The van der Waals surface area contributed by atoms with Gasteiger partial charge in [-0.25, -0.2) is 0 Å². The Morgan fingerprint density at radius 2 is 0.893 bits per heavy atom. The van der Waals surface area contributed by atoms with Crippen LogP contribution in [0.3, 0.4) is 0 Å². The van der Waals surface area contributed by atoms with Gasteiger partial charge in [0.2, 0.25) is 0 Å². The Morgan fingerprint density at radius 1 is 0.536 bits per heavy atom. The van der Waals surface area contributed by atoms with Crippen molar-refractivity contribution in [2.45, 2.75) is 6.16 Å². The molecule has 0 heterocycles. The van der Waals surface area contributed by atoms with Gasteiger partial charge >= 0.3 is 170 Å². The van der Waals surface area contributed by atoms with Crippen molar-refractivity contribution >= 4 is 33.1 Å². The Balaban J connectivity index is 2.11. The van der Waals surface area contributed by atoms with Crippen molar-refractivity contribution in [1.82, 2.24) is 0 Å². The zero-order valence-electron chi connectivity index (χ0n) is 15.4. The Bertz CT molecular complexity index is 966. The third-order valence-electron chi connectivity index (χ3n) is 5.31. The Kier molecular flexibility index (Phi) is 5.06. The van der Waals surface area contributed by atoms with E-state index in [4.69, 9.17) is 11.2 Å². The van der Waals surface area contributed by atoms with Crippen LogP contribution in [-0.2, 0) is 6.16 Å². The first kappa shape index (κ1) is 18.9. The molecule has 0 amide bonds. The van der Waals surface area contributed by atoms with Crippen LogP contribution in [0.4, 0.5) is 4.39 Å². The fourth-order valence-electron chi connectivity index (χ4n) is 3.88. The topological polar surface area (TPSA) is 0 Å². The van der Waals surface area contributed by atoms with E-state index in [1.807, 2.05) is 66.7 Å². The number of halogens is 2. The van der Waals surface area contributed by atoms with Crippen molar-refractivity contribution in [2.24, 2.45) is 0 Å². The molecule has 140 valence electrons. The quantitative estimate of drug-likeness (QED) is 0.356. The minimum absolute atomic E-state index is 0.222. The number of hydrogen-bond acceptors (Lipinski definition) is 0. The Morgan fingerprint density at radius 3 is 1.29 bits per heavy atom. The van der Waals surface area contributed by atoms with Crippen LogP contribution < -0.4 is 15.9 Å². The summed E-state index contributed by atoms with van der Waals surface area (Å²) in [5.74, 6) is -3.70. The molecule has 0 saturated carbocycles. The molecule has 4 rings (SSSR count). The summed E-state index contributed by atoms with van der Waals surface area (Å²) in [6.07, 6.45) is 0.415. The van der Waals surface area contributed by atoms with Gasteiger partial charge in [0, 0.05) is 0 Å². The second kappa shape index (κ2) is 7.51. The summed E-state index contributed by atoms with van der Waals surface area (Å²) in [6, 6.07) is 37.4. The summed E-state index contributed by atoms with van der Waals surface area (Å²) in [7, 11) is 0. The molecule has 0 nitrogen and oxygen atoms in total. The van der Waals surface area contributed by atoms with Gasteiger partial charge in [0.1, 0.15) is 0 Å².